The van der Waals surface area contributed by atoms with Crippen LogP contribution in [0, 0.1) is 5.41 Å². The van der Waals surface area contributed by atoms with Gasteiger partial charge < -0.3 is 14.9 Å². The summed E-state index contributed by atoms with van der Waals surface area (Å²) in [6.45, 7) is 9.91. The first-order chi connectivity index (χ1) is 24.5. The maximum absolute atomic E-state index is 12.3. The van der Waals surface area contributed by atoms with Gasteiger partial charge in [0.05, 0.1) is 63.3 Å². The Kier molecular flexibility index (Phi) is 14.5. The van der Waals surface area contributed by atoms with Crippen LogP contribution in [0.3, 0.4) is 0 Å². The lowest BCUT2D eigenvalue weighted by Gasteiger charge is -2.29. The smallest absolute Gasteiger partial charge is 0.305 e. The number of unbranched alkanes of at least 4 members (excludes halogenated alkanes) is 2. The van der Waals surface area contributed by atoms with E-state index in [4.69, 9.17) is 0 Å². The second kappa shape index (κ2) is 17.6. The Hall–Kier alpha value is -3.70. The molecule has 2 heterocycles. The molecule has 0 fully saturated rings. The first-order valence-corrected chi connectivity index (χ1v) is 20.9. The lowest BCUT2D eigenvalue weighted by atomic mass is 9.78. The van der Waals surface area contributed by atoms with Gasteiger partial charge in [0, 0.05) is 47.4 Å². The number of benzene rings is 1. The van der Waals surface area contributed by atoms with Gasteiger partial charge in [0.15, 0.2) is 5.71 Å². The van der Waals surface area contributed by atoms with Crippen LogP contribution in [0.1, 0.15) is 78.2 Å². The summed E-state index contributed by atoms with van der Waals surface area (Å²) in [6, 6.07) is 4.61. The predicted octanol–water partition coefficient (Wildman–Crippen LogP) is 4.53. The van der Waals surface area contributed by atoms with Gasteiger partial charge >= 0.3 is 5.97 Å². The Morgan fingerprint density at radius 3 is 2.30 bits per heavy atom. The fourth-order valence-electron chi connectivity index (χ4n) is 6.64. The molecule has 0 spiro atoms. The Morgan fingerprint density at radius 1 is 0.981 bits per heavy atom. The van der Waals surface area contributed by atoms with Crippen LogP contribution in [-0.2, 0) is 35.2 Å². The number of hydrazone groups is 1. The maximum Gasteiger partial charge on any atom is 0.305 e. The molecule has 1 aromatic rings. The second-order valence-electron chi connectivity index (χ2n) is 15.5. The maximum atomic E-state index is 12.3. The summed E-state index contributed by atoms with van der Waals surface area (Å²) in [5.74, 6) is -1.34. The third-order valence-electron chi connectivity index (χ3n) is 9.81. The Balaban J connectivity index is 1.85. The highest BCUT2D eigenvalue weighted by Crippen LogP contribution is 2.43. The molecule has 4 N–H and O–H groups in total. The number of carbonyl (C=O) groups excluding carboxylic acids is 1. The lowest BCUT2D eigenvalue weighted by molar-refractivity contribution is -0.869. The van der Waals surface area contributed by atoms with E-state index in [0.717, 1.165) is 47.3 Å². The van der Waals surface area contributed by atoms with Gasteiger partial charge in [0.1, 0.15) is 6.54 Å². The molecule has 2 aliphatic rings. The minimum absolute atomic E-state index is 0.0311. The zero-order chi connectivity index (χ0) is 39.8. The molecule has 2 aliphatic heterocycles. The zero-order valence-electron chi connectivity index (χ0n) is 32.0. The summed E-state index contributed by atoms with van der Waals surface area (Å²) in [5, 5.41) is 18.5. The number of likely N-dealkylation sites (N-methyl/N-ethyl adjacent to an activating group) is 1. The molecular formula is C37H57N5O9S2+2. The van der Waals surface area contributed by atoms with Gasteiger partial charge in [-0.2, -0.15) is 26.5 Å². The monoisotopic (exact) mass is 779 g/mol. The van der Waals surface area contributed by atoms with E-state index in [1.54, 1.807) is 17.2 Å². The molecule has 53 heavy (non-hydrogen) atoms. The number of rotatable bonds is 20. The molecule has 294 valence electrons. The molecule has 0 bridgehead atoms. The fourth-order valence-corrected chi connectivity index (χ4v) is 7.66. The van der Waals surface area contributed by atoms with Gasteiger partial charge in [-0.25, -0.2) is 0 Å². The van der Waals surface area contributed by atoms with Crippen molar-refractivity contribution in [2.75, 3.05) is 53.1 Å². The highest BCUT2D eigenvalue weighted by molar-refractivity contribution is 7.86. The van der Waals surface area contributed by atoms with Gasteiger partial charge in [0.2, 0.25) is 11.6 Å². The minimum Gasteiger partial charge on any atom is -0.481 e. The van der Waals surface area contributed by atoms with E-state index in [-0.39, 0.29) is 30.2 Å². The molecule has 3 rings (SSSR count). The van der Waals surface area contributed by atoms with Crippen LogP contribution < -0.4 is 5.32 Å². The van der Waals surface area contributed by atoms with Crippen molar-refractivity contribution in [1.82, 2.24) is 10.3 Å². The third-order valence-corrected chi connectivity index (χ3v) is 11.5. The van der Waals surface area contributed by atoms with Crippen molar-refractivity contribution < 1.29 is 49.7 Å². The van der Waals surface area contributed by atoms with E-state index in [9.17, 15) is 40.6 Å². The molecule has 14 nitrogen and oxygen atoms in total. The molecule has 16 heteroatoms. The quantitative estimate of drug-likeness (QED) is 0.0481. The van der Waals surface area contributed by atoms with Crippen molar-refractivity contribution in [3.8, 4) is 0 Å². The van der Waals surface area contributed by atoms with Crippen LogP contribution in [0.15, 0.2) is 64.3 Å². The highest BCUT2D eigenvalue weighted by Gasteiger charge is 2.45. The van der Waals surface area contributed by atoms with Gasteiger partial charge in [-0.3, -0.25) is 23.7 Å². The number of carbonyl (C=O) groups is 2. The number of fused-ring (bicyclic) bond motifs is 1. The number of hydrogen-bond acceptors (Lipinski definition) is 8. The number of aliphatic carboxylic acids is 1. The number of hydrogen-bond donors (Lipinski definition) is 4. The molecule has 0 saturated carbocycles. The molecular weight excluding hydrogens is 723 g/mol. The average molecular weight is 780 g/mol. The molecule has 0 radical (unpaired) electrons. The molecule has 1 aromatic carbocycles. The van der Waals surface area contributed by atoms with Crippen LogP contribution >= 0.6 is 0 Å². The SMILES string of the molecule is CC1=NN(CCC(=O)O)/C(=C/C=C/C=C/C2=[N+](CCCCCC(=O)NCC[N+](C)(C)C)c3ccc(S(=O)(=O)O)cc3C2(C)C)C1(C)CCCS(=O)(=O)O. The van der Waals surface area contributed by atoms with Gasteiger partial charge in [-0.1, -0.05) is 18.2 Å². The molecule has 0 aliphatic carbocycles. The van der Waals surface area contributed by atoms with Crippen LogP contribution in [0.4, 0.5) is 5.69 Å². The summed E-state index contributed by atoms with van der Waals surface area (Å²) in [7, 11) is -2.34. The zero-order valence-corrected chi connectivity index (χ0v) is 33.6. The standard InChI is InChI=1S/C37H55N5O9S2/c1-28-37(4,21-14-26-52(46,47)48)33(41(39-28)24-20-35(44)45)16-11-8-10-15-32-36(2,3)30-27-29(53(49,50)51)18-19-31(30)40(32)23-13-9-12-17-34(43)38-22-25-42(5,6)7/h8,10-11,15-16,18-19,27H,9,12-14,17,20-26H2,1-7H3,(H2-2,38,43,44,45,46,47,48,49,50,51)/p+2. The van der Waals surface area contributed by atoms with Gasteiger partial charge in [-0.15, -0.1) is 0 Å². The number of carboxylic acids is 1. The Bertz CT molecular complexity index is 1910. The summed E-state index contributed by atoms with van der Waals surface area (Å²) < 4.78 is 68.8. The van der Waals surface area contributed by atoms with Crippen molar-refractivity contribution in [3.63, 3.8) is 0 Å². The van der Waals surface area contributed by atoms with Crippen molar-refractivity contribution in [2.24, 2.45) is 10.5 Å². The Labute approximate surface area is 314 Å². The van der Waals surface area contributed by atoms with Crippen LogP contribution in [0.2, 0.25) is 0 Å². The largest absolute Gasteiger partial charge is 0.481 e. The van der Waals surface area contributed by atoms with Crippen molar-refractivity contribution in [1.29, 1.82) is 0 Å². The first-order valence-electron chi connectivity index (χ1n) is 17.9. The highest BCUT2D eigenvalue weighted by atomic mass is 32.2. The number of carboxylic acid groups (broad SMARTS) is 1. The summed E-state index contributed by atoms with van der Waals surface area (Å²) in [6.07, 6.45) is 12.4. The summed E-state index contributed by atoms with van der Waals surface area (Å²) in [5.41, 5.74) is 2.60. The van der Waals surface area contributed by atoms with E-state index in [1.165, 1.54) is 12.1 Å². The van der Waals surface area contributed by atoms with Crippen LogP contribution in [0.5, 0.6) is 0 Å². The van der Waals surface area contributed by atoms with Crippen molar-refractivity contribution in [3.05, 3.63) is 59.8 Å². The van der Waals surface area contributed by atoms with Crippen molar-refractivity contribution >= 4 is 49.2 Å². The second-order valence-corrected chi connectivity index (χ2v) is 18.5. The number of nitrogens with zero attached hydrogens (tertiary/aromatic N) is 4. The molecule has 1 atom stereocenters. The molecule has 0 saturated heterocycles. The summed E-state index contributed by atoms with van der Waals surface area (Å²) in [4.78, 5) is 23.5. The first kappa shape index (κ1) is 43.7. The lowest BCUT2D eigenvalue weighted by Crippen LogP contribution is -2.41. The minimum atomic E-state index is -4.42. The van der Waals surface area contributed by atoms with E-state index in [2.05, 4.69) is 36.1 Å². The topological polar surface area (TPSA) is 194 Å². The van der Waals surface area contributed by atoms with E-state index >= 15 is 0 Å². The number of nitrogens with one attached hydrogen (secondary N) is 1. The number of allylic oxidation sites excluding steroid dienone is 6. The normalized spacial score (nSPS) is 19.8. The Morgan fingerprint density at radius 2 is 1.68 bits per heavy atom. The summed E-state index contributed by atoms with van der Waals surface area (Å²) >= 11 is 0. The van der Waals surface area contributed by atoms with Crippen LogP contribution in [0.25, 0.3) is 0 Å². The van der Waals surface area contributed by atoms with E-state index < -0.39 is 42.8 Å². The predicted molar refractivity (Wildman–Crippen MR) is 206 cm³/mol. The number of amides is 1. The van der Waals surface area contributed by atoms with E-state index in [1.807, 2.05) is 52.0 Å². The van der Waals surface area contributed by atoms with E-state index in [0.29, 0.717) is 37.3 Å². The average Bonchev–Trinajstić information content (AvgIpc) is 3.38. The third kappa shape index (κ3) is 12.4. The van der Waals surface area contributed by atoms with Crippen molar-refractivity contribution in [2.45, 2.75) is 83.0 Å². The van der Waals surface area contributed by atoms with Crippen LogP contribution in [-0.4, -0.2) is 121 Å². The van der Waals surface area contributed by atoms with Gasteiger partial charge in [0.25, 0.3) is 20.2 Å². The fraction of sp³-hybridized carbons (Fsp3) is 0.568. The molecule has 1 unspecified atom stereocenters. The van der Waals surface area contributed by atoms with Gasteiger partial charge in [-0.05, 0) is 71.6 Å². The molecule has 1 amide bonds. The molecule has 0 aromatic heterocycles. The number of quaternary nitrogens is 1.